The molecule has 0 aliphatic carbocycles. The number of likely N-dealkylation sites (tertiary alicyclic amines) is 1. The van der Waals surface area contributed by atoms with Crippen LogP contribution < -0.4 is 0 Å². The zero-order valence-corrected chi connectivity index (χ0v) is 15.6. The Balaban J connectivity index is 1.46. The molecule has 3 aromatic heterocycles. The SMILES string of the molecule is Cc1cc([C@@H]2CCCN2C(=O)c2ccc3nc(-c4ccccc4)cn3c2)on1. The summed E-state index contributed by atoms with van der Waals surface area (Å²) >= 11 is 0. The summed E-state index contributed by atoms with van der Waals surface area (Å²) in [4.78, 5) is 19.7. The van der Waals surface area contributed by atoms with Crippen molar-refractivity contribution in [1.29, 1.82) is 0 Å². The minimum Gasteiger partial charge on any atom is -0.359 e. The summed E-state index contributed by atoms with van der Waals surface area (Å²) in [5.41, 5.74) is 4.25. The number of amides is 1. The first-order valence-electron chi connectivity index (χ1n) is 9.47. The van der Waals surface area contributed by atoms with Gasteiger partial charge in [-0.25, -0.2) is 4.98 Å². The predicted octanol–water partition coefficient (Wildman–Crippen LogP) is 4.28. The molecule has 140 valence electrons. The van der Waals surface area contributed by atoms with Crippen LogP contribution in [0, 0.1) is 6.92 Å². The smallest absolute Gasteiger partial charge is 0.255 e. The van der Waals surface area contributed by atoms with Crippen LogP contribution in [-0.2, 0) is 0 Å². The van der Waals surface area contributed by atoms with Crippen LogP contribution in [0.4, 0.5) is 0 Å². The first kappa shape index (κ1) is 16.7. The maximum atomic E-state index is 13.2. The van der Waals surface area contributed by atoms with Gasteiger partial charge in [0.2, 0.25) is 0 Å². The average molecular weight is 372 g/mol. The molecule has 1 aliphatic rings. The summed E-state index contributed by atoms with van der Waals surface area (Å²) in [6, 6.07) is 15.6. The number of carbonyl (C=O) groups is 1. The lowest BCUT2D eigenvalue weighted by atomic mass is 10.1. The highest BCUT2D eigenvalue weighted by atomic mass is 16.5. The lowest BCUT2D eigenvalue weighted by molar-refractivity contribution is 0.0714. The number of carbonyl (C=O) groups excluding carboxylic acids is 1. The molecule has 28 heavy (non-hydrogen) atoms. The van der Waals surface area contributed by atoms with Crippen LogP contribution in [0.1, 0.15) is 40.7 Å². The molecule has 6 heteroatoms. The number of rotatable bonds is 3. The molecule has 1 saturated heterocycles. The molecule has 0 bridgehead atoms. The van der Waals surface area contributed by atoms with E-state index in [0.717, 1.165) is 47.7 Å². The van der Waals surface area contributed by atoms with Gasteiger partial charge in [0, 0.05) is 30.6 Å². The lowest BCUT2D eigenvalue weighted by Gasteiger charge is -2.22. The minimum atomic E-state index is -0.0490. The molecule has 1 fully saturated rings. The van der Waals surface area contributed by atoms with E-state index in [0.29, 0.717) is 5.56 Å². The maximum Gasteiger partial charge on any atom is 0.255 e. The Kier molecular flexibility index (Phi) is 3.97. The van der Waals surface area contributed by atoms with Crippen LogP contribution in [-0.4, -0.2) is 31.9 Å². The van der Waals surface area contributed by atoms with Gasteiger partial charge in [-0.3, -0.25) is 4.79 Å². The van der Waals surface area contributed by atoms with Crippen molar-refractivity contribution in [3.63, 3.8) is 0 Å². The van der Waals surface area contributed by atoms with Crippen LogP contribution in [0.15, 0.2) is 65.4 Å². The van der Waals surface area contributed by atoms with Crippen molar-refractivity contribution >= 4 is 11.6 Å². The van der Waals surface area contributed by atoms with Crippen molar-refractivity contribution in [1.82, 2.24) is 19.4 Å². The zero-order chi connectivity index (χ0) is 19.1. The highest BCUT2D eigenvalue weighted by molar-refractivity contribution is 5.94. The summed E-state index contributed by atoms with van der Waals surface area (Å²) in [6.45, 7) is 2.62. The molecule has 0 N–H and O–H groups in total. The molecule has 5 rings (SSSR count). The van der Waals surface area contributed by atoms with Crippen LogP contribution >= 0.6 is 0 Å². The molecular weight excluding hydrogens is 352 g/mol. The monoisotopic (exact) mass is 372 g/mol. The molecule has 0 spiro atoms. The van der Waals surface area contributed by atoms with E-state index in [4.69, 9.17) is 4.52 Å². The Morgan fingerprint density at radius 1 is 1.14 bits per heavy atom. The number of benzene rings is 1. The van der Waals surface area contributed by atoms with Gasteiger partial charge in [0.15, 0.2) is 5.76 Å². The number of nitrogens with zero attached hydrogens (tertiary/aromatic N) is 4. The molecule has 0 unspecified atom stereocenters. The van der Waals surface area contributed by atoms with Crippen LogP contribution in [0.25, 0.3) is 16.9 Å². The number of hydrogen-bond acceptors (Lipinski definition) is 4. The Morgan fingerprint density at radius 3 is 2.79 bits per heavy atom. The minimum absolute atomic E-state index is 0.00779. The van der Waals surface area contributed by atoms with Crippen molar-refractivity contribution in [3.8, 4) is 11.3 Å². The Morgan fingerprint density at radius 2 is 2.00 bits per heavy atom. The molecule has 6 nitrogen and oxygen atoms in total. The second-order valence-corrected chi connectivity index (χ2v) is 7.20. The fourth-order valence-electron chi connectivity index (χ4n) is 3.88. The molecule has 1 amide bonds. The molecule has 0 saturated carbocycles. The molecule has 0 radical (unpaired) electrons. The second kappa shape index (κ2) is 6.64. The number of hydrogen-bond donors (Lipinski definition) is 0. The quantitative estimate of drug-likeness (QED) is 0.539. The Bertz CT molecular complexity index is 1150. The first-order chi connectivity index (χ1) is 13.7. The fourth-order valence-corrected chi connectivity index (χ4v) is 3.88. The average Bonchev–Trinajstić information content (AvgIpc) is 3.46. The highest BCUT2D eigenvalue weighted by Gasteiger charge is 2.33. The van der Waals surface area contributed by atoms with Gasteiger partial charge in [-0.15, -0.1) is 0 Å². The standard InChI is InChI=1S/C22H20N4O2/c1-15-12-20(28-24-15)19-8-5-11-26(19)22(27)17-9-10-21-23-18(14-25(21)13-17)16-6-3-2-4-7-16/h2-4,6-7,9-10,12-14,19H,5,8,11H2,1H3/t19-/m0/s1. The number of pyridine rings is 1. The van der Waals surface area contributed by atoms with E-state index in [1.165, 1.54) is 0 Å². The number of aromatic nitrogens is 3. The van der Waals surface area contributed by atoms with E-state index in [1.807, 2.05) is 77.1 Å². The third-order valence-electron chi connectivity index (χ3n) is 5.26. The van der Waals surface area contributed by atoms with Crippen molar-refractivity contribution in [2.75, 3.05) is 6.54 Å². The van der Waals surface area contributed by atoms with Gasteiger partial charge >= 0.3 is 0 Å². The second-order valence-electron chi connectivity index (χ2n) is 7.20. The van der Waals surface area contributed by atoms with Gasteiger partial charge in [-0.2, -0.15) is 0 Å². The largest absolute Gasteiger partial charge is 0.359 e. The number of aryl methyl sites for hydroxylation is 1. The van der Waals surface area contributed by atoms with E-state index in [-0.39, 0.29) is 11.9 Å². The van der Waals surface area contributed by atoms with Crippen LogP contribution in [0.5, 0.6) is 0 Å². The lowest BCUT2D eigenvalue weighted by Crippen LogP contribution is -2.30. The molecule has 1 aromatic carbocycles. The predicted molar refractivity (Wildman–Crippen MR) is 105 cm³/mol. The van der Waals surface area contributed by atoms with E-state index in [9.17, 15) is 4.79 Å². The number of fused-ring (bicyclic) bond motifs is 1. The van der Waals surface area contributed by atoms with Gasteiger partial charge in [-0.1, -0.05) is 35.5 Å². The summed E-state index contributed by atoms with van der Waals surface area (Å²) in [7, 11) is 0. The summed E-state index contributed by atoms with van der Waals surface area (Å²) in [6.07, 6.45) is 5.67. The Labute approximate surface area is 162 Å². The van der Waals surface area contributed by atoms with E-state index in [1.54, 1.807) is 0 Å². The maximum absolute atomic E-state index is 13.2. The van der Waals surface area contributed by atoms with Crippen molar-refractivity contribution in [2.45, 2.75) is 25.8 Å². The Hall–Kier alpha value is -3.41. The van der Waals surface area contributed by atoms with E-state index < -0.39 is 0 Å². The van der Waals surface area contributed by atoms with Gasteiger partial charge in [-0.05, 0) is 31.9 Å². The van der Waals surface area contributed by atoms with Gasteiger partial charge < -0.3 is 13.8 Å². The van der Waals surface area contributed by atoms with Gasteiger partial charge in [0.25, 0.3) is 5.91 Å². The molecule has 4 heterocycles. The zero-order valence-electron chi connectivity index (χ0n) is 15.6. The van der Waals surface area contributed by atoms with Crippen molar-refractivity contribution < 1.29 is 9.32 Å². The fraction of sp³-hybridized carbons (Fsp3) is 0.227. The van der Waals surface area contributed by atoms with Crippen LogP contribution in [0.2, 0.25) is 0 Å². The molecule has 1 aliphatic heterocycles. The van der Waals surface area contributed by atoms with E-state index in [2.05, 4.69) is 10.1 Å². The van der Waals surface area contributed by atoms with Crippen molar-refractivity contribution in [3.05, 3.63) is 77.9 Å². The topological polar surface area (TPSA) is 63.6 Å². The first-order valence-corrected chi connectivity index (χ1v) is 9.47. The third-order valence-corrected chi connectivity index (χ3v) is 5.26. The number of imidazole rings is 1. The van der Waals surface area contributed by atoms with Crippen LogP contribution in [0.3, 0.4) is 0 Å². The van der Waals surface area contributed by atoms with E-state index >= 15 is 0 Å². The summed E-state index contributed by atoms with van der Waals surface area (Å²) in [5, 5.41) is 3.97. The summed E-state index contributed by atoms with van der Waals surface area (Å²) in [5.74, 6) is 0.770. The normalized spacial score (nSPS) is 16.8. The molecule has 1 atom stereocenters. The molecular formula is C22H20N4O2. The third kappa shape index (κ3) is 2.87. The van der Waals surface area contributed by atoms with Crippen molar-refractivity contribution in [2.24, 2.45) is 0 Å². The van der Waals surface area contributed by atoms with Gasteiger partial charge in [0.1, 0.15) is 5.65 Å². The summed E-state index contributed by atoms with van der Waals surface area (Å²) < 4.78 is 7.34. The van der Waals surface area contributed by atoms with Gasteiger partial charge in [0.05, 0.1) is 23.0 Å². The molecule has 4 aromatic rings. The highest BCUT2D eigenvalue weighted by Crippen LogP contribution is 2.33.